The Morgan fingerprint density at radius 2 is 1.71 bits per heavy atom. The van der Waals surface area contributed by atoms with Gasteiger partial charge in [-0.2, -0.15) is 20.6 Å². The van der Waals surface area contributed by atoms with Gasteiger partial charge in [0.05, 0.1) is 23.5 Å². The molecule has 7 heteroatoms. The van der Waals surface area contributed by atoms with Crippen molar-refractivity contribution in [1.29, 1.82) is 10.5 Å². The van der Waals surface area contributed by atoms with Gasteiger partial charge in [0.15, 0.2) is 10.8 Å². The smallest absolute Gasteiger partial charge is 0.270 e. The van der Waals surface area contributed by atoms with Crippen LogP contribution < -0.4 is 5.73 Å². The van der Waals surface area contributed by atoms with Crippen LogP contribution in [0.25, 0.3) is 5.69 Å². The molecule has 0 spiro atoms. The van der Waals surface area contributed by atoms with E-state index >= 15 is 0 Å². The summed E-state index contributed by atoms with van der Waals surface area (Å²) in [6, 6.07) is 23.4. The van der Waals surface area contributed by atoms with E-state index in [-0.39, 0.29) is 12.3 Å². The van der Waals surface area contributed by atoms with Crippen molar-refractivity contribution in [3.05, 3.63) is 83.2 Å². The highest BCUT2D eigenvalue weighted by Crippen LogP contribution is 2.61. The van der Waals surface area contributed by atoms with Crippen molar-refractivity contribution >= 4 is 11.7 Å². The largest absolute Gasteiger partial charge is 0.386 e. The number of amides is 1. The molecule has 0 unspecified atom stereocenters. The molecule has 2 aromatic carbocycles. The third-order valence-electron chi connectivity index (χ3n) is 6.56. The molecule has 1 aromatic heterocycles. The van der Waals surface area contributed by atoms with Crippen molar-refractivity contribution in [1.82, 2.24) is 9.78 Å². The molecule has 0 saturated carbocycles. The summed E-state index contributed by atoms with van der Waals surface area (Å²) >= 11 is 0. The van der Waals surface area contributed by atoms with E-state index in [1.54, 1.807) is 4.68 Å². The molecule has 7 nitrogen and oxygen atoms in total. The highest BCUT2D eigenvalue weighted by molar-refractivity contribution is 6.12. The fourth-order valence-corrected chi connectivity index (χ4v) is 5.11. The van der Waals surface area contributed by atoms with Crippen LogP contribution in [0.5, 0.6) is 0 Å². The maximum absolute atomic E-state index is 13.0. The summed E-state index contributed by atoms with van der Waals surface area (Å²) in [6.07, 6.45) is -0.0145. The van der Waals surface area contributed by atoms with Crippen LogP contribution >= 0.6 is 0 Å². The van der Waals surface area contributed by atoms with Crippen LogP contribution in [0.3, 0.4) is 0 Å². The van der Waals surface area contributed by atoms with Gasteiger partial charge in [-0.25, -0.2) is 4.68 Å². The number of nitrogens with two attached hydrogens (primary N) is 1. The lowest BCUT2D eigenvalue weighted by Crippen LogP contribution is -2.55. The second kappa shape index (κ2) is 6.38. The topological polar surface area (TPSA) is 121 Å². The lowest BCUT2D eigenvalue weighted by Gasteiger charge is -2.43. The first kappa shape index (κ1) is 18.8. The Kier molecular flexibility index (Phi) is 3.87. The van der Waals surface area contributed by atoms with Gasteiger partial charge in [0.2, 0.25) is 0 Å². The number of para-hydroxylation sites is 1. The van der Waals surface area contributed by atoms with Gasteiger partial charge < -0.3 is 5.73 Å². The van der Waals surface area contributed by atoms with Crippen molar-refractivity contribution in [2.24, 2.45) is 21.6 Å². The Morgan fingerprint density at radius 3 is 2.32 bits per heavy atom. The van der Waals surface area contributed by atoms with E-state index in [1.165, 1.54) is 0 Å². The number of benzene rings is 2. The average molecular weight is 406 g/mol. The second-order valence-electron chi connectivity index (χ2n) is 7.95. The fraction of sp³-hybridized carbons (Fsp3) is 0.208. The van der Waals surface area contributed by atoms with Crippen molar-refractivity contribution < 1.29 is 4.79 Å². The highest BCUT2D eigenvalue weighted by Gasteiger charge is 2.71. The molecule has 31 heavy (non-hydrogen) atoms. The summed E-state index contributed by atoms with van der Waals surface area (Å²) in [7, 11) is 0. The van der Waals surface area contributed by atoms with E-state index in [0.717, 1.165) is 22.5 Å². The fourth-order valence-electron chi connectivity index (χ4n) is 5.11. The summed E-state index contributed by atoms with van der Waals surface area (Å²) in [5, 5.41) is 25.5. The molecule has 1 amide bonds. The van der Waals surface area contributed by atoms with Crippen molar-refractivity contribution in [3.63, 3.8) is 0 Å². The predicted molar refractivity (Wildman–Crippen MR) is 113 cm³/mol. The third kappa shape index (κ3) is 2.18. The van der Waals surface area contributed by atoms with Gasteiger partial charge in [0, 0.05) is 23.6 Å². The van der Waals surface area contributed by atoms with Gasteiger partial charge in [0.1, 0.15) is 5.84 Å². The summed E-state index contributed by atoms with van der Waals surface area (Å²) in [5.74, 6) is -1.43. The lowest BCUT2D eigenvalue weighted by molar-refractivity contribution is -0.126. The molecular weight excluding hydrogens is 388 g/mol. The molecule has 0 saturated heterocycles. The molecule has 1 aliphatic heterocycles. The average Bonchev–Trinajstić information content (AvgIpc) is 3.24. The molecule has 2 heterocycles. The normalized spacial score (nSPS) is 26.4. The number of amidine groups is 1. The molecule has 3 atom stereocenters. The van der Waals surface area contributed by atoms with E-state index in [0.29, 0.717) is 5.69 Å². The van der Waals surface area contributed by atoms with Gasteiger partial charge in [-0.1, -0.05) is 48.5 Å². The third-order valence-corrected chi connectivity index (χ3v) is 6.56. The van der Waals surface area contributed by atoms with Crippen LogP contribution in [0.15, 0.2) is 65.7 Å². The zero-order chi connectivity index (χ0) is 21.8. The van der Waals surface area contributed by atoms with Crippen molar-refractivity contribution in [3.8, 4) is 17.8 Å². The zero-order valence-corrected chi connectivity index (χ0v) is 16.8. The number of nitrogens with zero attached hydrogens (tertiary/aromatic N) is 5. The number of aliphatic imine (C=N–C) groups is 1. The number of hydrogen-bond acceptors (Lipinski definition) is 5. The quantitative estimate of drug-likeness (QED) is 0.701. The molecule has 0 fully saturated rings. The van der Waals surface area contributed by atoms with Crippen molar-refractivity contribution in [2.75, 3.05) is 0 Å². The Hall–Kier alpha value is -4.23. The number of rotatable bonds is 2. The van der Waals surface area contributed by atoms with Crippen LogP contribution in [0.1, 0.15) is 28.4 Å². The van der Waals surface area contributed by atoms with Gasteiger partial charge in [-0.05, 0) is 24.6 Å². The molecule has 2 aliphatic rings. The Balaban J connectivity index is 1.88. The molecule has 150 valence electrons. The van der Waals surface area contributed by atoms with Gasteiger partial charge in [-0.15, -0.1) is 0 Å². The number of carbonyl (C=O) groups excluding carboxylic acids is 1. The lowest BCUT2D eigenvalue weighted by atomic mass is 9.51. The van der Waals surface area contributed by atoms with Gasteiger partial charge in [-0.3, -0.25) is 4.79 Å². The van der Waals surface area contributed by atoms with Crippen molar-refractivity contribution in [2.45, 2.75) is 19.3 Å². The molecule has 2 N–H and O–H groups in total. The minimum Gasteiger partial charge on any atom is -0.386 e. The van der Waals surface area contributed by atoms with E-state index in [9.17, 15) is 15.3 Å². The molecule has 3 aromatic rings. The second-order valence-corrected chi connectivity index (χ2v) is 7.95. The monoisotopic (exact) mass is 406 g/mol. The first-order valence-electron chi connectivity index (χ1n) is 9.90. The zero-order valence-electron chi connectivity index (χ0n) is 16.8. The first-order chi connectivity index (χ1) is 15.0. The van der Waals surface area contributed by atoms with E-state index in [1.807, 2.05) is 67.6 Å². The summed E-state index contributed by atoms with van der Waals surface area (Å²) in [6.45, 7) is 1.93. The number of fused-ring (bicyclic) bond motifs is 2. The molecule has 1 aliphatic carbocycles. The van der Waals surface area contributed by atoms with E-state index in [4.69, 9.17) is 10.8 Å². The number of carbonyl (C=O) groups is 1. The van der Waals surface area contributed by atoms with E-state index in [2.05, 4.69) is 17.1 Å². The van der Waals surface area contributed by atoms with Crippen LogP contribution in [0, 0.1) is 40.4 Å². The highest BCUT2D eigenvalue weighted by atomic mass is 16.2. The Morgan fingerprint density at radius 1 is 1.06 bits per heavy atom. The summed E-state index contributed by atoms with van der Waals surface area (Å²) in [5.41, 5.74) is 6.84. The van der Waals surface area contributed by atoms with Gasteiger partial charge in [0.25, 0.3) is 5.91 Å². The number of hydrogen-bond donors (Lipinski definition) is 1. The maximum atomic E-state index is 13.0. The van der Waals surface area contributed by atoms with Crippen LogP contribution in [0.2, 0.25) is 0 Å². The summed E-state index contributed by atoms with van der Waals surface area (Å²) in [4.78, 5) is 17.0. The minimum absolute atomic E-state index is 0.0145. The van der Waals surface area contributed by atoms with Gasteiger partial charge >= 0.3 is 0 Å². The molecule has 0 bridgehead atoms. The number of nitriles is 2. The molecule has 5 rings (SSSR count). The predicted octanol–water partition coefficient (Wildman–Crippen LogP) is 2.79. The standard InChI is InChI=1S/C24H18N6O/c1-15-19-18(29-30(15)17-10-6-3-7-11-17)12-23(13-25)22(31)28-21(27)24(23,14-26)20(19)16-8-4-2-5-9-16/h2-11,20H,12H2,1H3,(H2,27,28,31)/t20-,23-,24-/m0/s1. The SMILES string of the molecule is Cc1c2c(nn1-c1ccccc1)C[C@]1(C#N)C(=O)N=C(N)[C@]1(C#N)[C@H]2c1ccccc1. The summed E-state index contributed by atoms with van der Waals surface area (Å²) < 4.78 is 1.80. The van der Waals surface area contributed by atoms with Crippen LogP contribution in [0.4, 0.5) is 0 Å². The number of aromatic nitrogens is 2. The Labute approximate surface area is 179 Å². The van der Waals surface area contributed by atoms with Crippen LogP contribution in [-0.4, -0.2) is 21.5 Å². The minimum atomic E-state index is -1.72. The molecular formula is C24H18N6O. The van der Waals surface area contributed by atoms with E-state index < -0.39 is 22.7 Å². The first-order valence-corrected chi connectivity index (χ1v) is 9.90. The Bertz CT molecular complexity index is 1330. The van der Waals surface area contributed by atoms with Crippen LogP contribution in [-0.2, 0) is 11.2 Å². The molecule has 0 radical (unpaired) electrons. The maximum Gasteiger partial charge on any atom is 0.270 e.